The lowest BCUT2D eigenvalue weighted by atomic mass is 10.0. The van der Waals surface area contributed by atoms with Gasteiger partial charge in [0.2, 0.25) is 0 Å². The Hall–Kier alpha value is -2.82. The maximum atomic E-state index is 12.4. The predicted molar refractivity (Wildman–Crippen MR) is 106 cm³/mol. The highest BCUT2D eigenvalue weighted by Crippen LogP contribution is 2.41. The Morgan fingerprint density at radius 3 is 2.89 bits per heavy atom. The number of hydrogen-bond acceptors (Lipinski definition) is 2. The average Bonchev–Trinajstić information content (AvgIpc) is 3.35. The smallest absolute Gasteiger partial charge is 0.315 e. The van der Waals surface area contributed by atoms with Gasteiger partial charge in [-0.3, -0.25) is 0 Å². The maximum Gasteiger partial charge on any atom is 0.315 e. The summed E-state index contributed by atoms with van der Waals surface area (Å²) in [4.78, 5) is 16.9. The molecule has 1 unspecified atom stereocenters. The third kappa shape index (κ3) is 3.18. The van der Waals surface area contributed by atoms with Gasteiger partial charge >= 0.3 is 6.03 Å². The van der Waals surface area contributed by atoms with Crippen LogP contribution in [0.3, 0.4) is 0 Å². The molecule has 5 heteroatoms. The van der Waals surface area contributed by atoms with Crippen molar-refractivity contribution in [3.63, 3.8) is 0 Å². The quantitative estimate of drug-likeness (QED) is 0.751. The zero-order chi connectivity index (χ0) is 18.4. The Balaban J connectivity index is 1.18. The highest BCUT2D eigenvalue weighted by molar-refractivity contribution is 5.83. The summed E-state index contributed by atoms with van der Waals surface area (Å²) in [7, 11) is 0. The third-order valence-electron chi connectivity index (χ3n) is 5.91. The number of nitrogens with zero attached hydrogens (tertiary/aromatic N) is 2. The number of carbonyl (C=O) groups excluding carboxylic acids is 1. The molecule has 5 rings (SSSR count). The number of carbonyl (C=O) groups is 1. The normalized spacial score (nSPS) is 23.7. The van der Waals surface area contributed by atoms with Crippen LogP contribution < -0.4 is 10.6 Å². The minimum absolute atomic E-state index is 0.0509. The summed E-state index contributed by atoms with van der Waals surface area (Å²) in [5.74, 6) is 1.50. The molecule has 0 spiro atoms. The molecule has 2 aliphatic rings. The number of amides is 2. The van der Waals surface area contributed by atoms with Gasteiger partial charge in [0.15, 0.2) is 0 Å². The van der Waals surface area contributed by atoms with E-state index < -0.39 is 0 Å². The summed E-state index contributed by atoms with van der Waals surface area (Å²) in [6, 6.07) is 15.4. The zero-order valence-corrected chi connectivity index (χ0v) is 15.5. The third-order valence-corrected chi connectivity index (χ3v) is 5.91. The van der Waals surface area contributed by atoms with Gasteiger partial charge in [-0.1, -0.05) is 42.5 Å². The van der Waals surface area contributed by atoms with Crippen LogP contribution in [0.5, 0.6) is 0 Å². The summed E-state index contributed by atoms with van der Waals surface area (Å²) in [6.45, 7) is 3.01. The largest absolute Gasteiger partial charge is 0.335 e. The average molecular weight is 360 g/mol. The summed E-state index contributed by atoms with van der Waals surface area (Å²) < 4.78 is 2.24. The van der Waals surface area contributed by atoms with Crippen LogP contribution in [0.1, 0.15) is 35.8 Å². The minimum Gasteiger partial charge on any atom is -0.335 e. The number of aryl methyl sites for hydroxylation is 1. The van der Waals surface area contributed by atoms with Crippen molar-refractivity contribution in [1.29, 1.82) is 0 Å². The van der Waals surface area contributed by atoms with E-state index in [0.29, 0.717) is 5.92 Å². The summed E-state index contributed by atoms with van der Waals surface area (Å²) in [5, 5.41) is 8.81. The standard InChI is InChI=1S/C22H24N4O/c1-14-13-23-21-11-18(8-9-26(14)21)24-22(27)25-20-12-19(20)17-7-6-15-4-2-3-5-16(15)10-17/h2-7,10,13,18-20H,8-9,11-12H2,1H3,(H2,24,25,27)/t18?,19-,20+/m0/s1. The van der Waals surface area contributed by atoms with Crippen LogP contribution in [0, 0.1) is 6.92 Å². The van der Waals surface area contributed by atoms with Crippen LogP contribution >= 0.6 is 0 Å². The van der Waals surface area contributed by atoms with Gasteiger partial charge in [-0.05, 0) is 36.1 Å². The number of aromatic nitrogens is 2. The van der Waals surface area contributed by atoms with Gasteiger partial charge in [0.25, 0.3) is 0 Å². The molecule has 2 aromatic carbocycles. The van der Waals surface area contributed by atoms with Gasteiger partial charge in [-0.15, -0.1) is 0 Å². The Labute approximate surface area is 158 Å². The molecule has 1 aliphatic heterocycles. The number of hydrogen-bond donors (Lipinski definition) is 2. The van der Waals surface area contributed by atoms with Gasteiger partial charge in [0.1, 0.15) is 5.82 Å². The molecular formula is C22H24N4O. The minimum atomic E-state index is -0.0509. The highest BCUT2D eigenvalue weighted by Gasteiger charge is 2.39. The fourth-order valence-electron chi connectivity index (χ4n) is 4.27. The highest BCUT2D eigenvalue weighted by atomic mass is 16.2. The second-order valence-corrected chi connectivity index (χ2v) is 7.83. The molecule has 2 N–H and O–H groups in total. The number of urea groups is 1. The zero-order valence-electron chi connectivity index (χ0n) is 15.5. The molecule has 27 heavy (non-hydrogen) atoms. The molecule has 1 aromatic heterocycles. The Morgan fingerprint density at radius 2 is 2.00 bits per heavy atom. The van der Waals surface area contributed by atoms with E-state index in [4.69, 9.17) is 0 Å². The summed E-state index contributed by atoms with van der Waals surface area (Å²) in [6.07, 6.45) is 4.69. The second kappa shape index (κ2) is 6.41. The molecule has 0 radical (unpaired) electrons. The first kappa shape index (κ1) is 16.4. The molecule has 5 nitrogen and oxygen atoms in total. The van der Waals surface area contributed by atoms with Crippen LogP contribution in [-0.2, 0) is 13.0 Å². The Bertz CT molecular complexity index is 1010. The van der Waals surface area contributed by atoms with E-state index in [0.717, 1.165) is 31.6 Å². The van der Waals surface area contributed by atoms with E-state index >= 15 is 0 Å². The van der Waals surface area contributed by atoms with Gasteiger partial charge in [0.05, 0.1) is 0 Å². The van der Waals surface area contributed by atoms with Crippen molar-refractivity contribution in [2.75, 3.05) is 0 Å². The molecule has 1 saturated carbocycles. The number of imidazole rings is 1. The monoisotopic (exact) mass is 360 g/mol. The van der Waals surface area contributed by atoms with E-state index in [9.17, 15) is 4.79 Å². The predicted octanol–water partition coefficient (Wildman–Crippen LogP) is 3.51. The Morgan fingerprint density at radius 1 is 1.15 bits per heavy atom. The molecule has 138 valence electrons. The van der Waals surface area contributed by atoms with Crippen molar-refractivity contribution in [2.45, 2.75) is 50.7 Å². The molecule has 1 fully saturated rings. The van der Waals surface area contributed by atoms with E-state index in [-0.39, 0.29) is 18.1 Å². The first-order valence-corrected chi connectivity index (χ1v) is 9.74. The molecule has 0 bridgehead atoms. The van der Waals surface area contributed by atoms with Crippen molar-refractivity contribution in [3.05, 3.63) is 65.7 Å². The topological polar surface area (TPSA) is 59.0 Å². The van der Waals surface area contributed by atoms with Crippen LogP contribution in [0.2, 0.25) is 0 Å². The second-order valence-electron chi connectivity index (χ2n) is 7.83. The number of fused-ring (bicyclic) bond motifs is 2. The van der Waals surface area contributed by atoms with Crippen molar-refractivity contribution in [1.82, 2.24) is 20.2 Å². The maximum absolute atomic E-state index is 12.4. The summed E-state index contributed by atoms with van der Waals surface area (Å²) >= 11 is 0. The molecule has 3 aromatic rings. The SMILES string of the molecule is Cc1cnc2n1CCC(NC(=O)N[C@@H]1C[C@H]1c1ccc3ccccc3c1)C2. The number of nitrogens with one attached hydrogen (secondary N) is 2. The number of rotatable bonds is 3. The lowest BCUT2D eigenvalue weighted by molar-refractivity contribution is 0.233. The van der Waals surface area contributed by atoms with E-state index in [1.54, 1.807) is 0 Å². The molecule has 2 amide bonds. The van der Waals surface area contributed by atoms with Crippen molar-refractivity contribution >= 4 is 16.8 Å². The van der Waals surface area contributed by atoms with Crippen LogP contribution in [-0.4, -0.2) is 27.7 Å². The fraction of sp³-hybridized carbons (Fsp3) is 0.364. The molecule has 1 aliphatic carbocycles. The van der Waals surface area contributed by atoms with Crippen LogP contribution in [0.15, 0.2) is 48.7 Å². The Kier molecular flexibility index (Phi) is 3.88. The van der Waals surface area contributed by atoms with Crippen LogP contribution in [0.25, 0.3) is 10.8 Å². The van der Waals surface area contributed by atoms with Gasteiger partial charge < -0.3 is 15.2 Å². The molecule has 2 heterocycles. The lowest BCUT2D eigenvalue weighted by Crippen LogP contribution is -2.46. The van der Waals surface area contributed by atoms with E-state index in [2.05, 4.69) is 69.6 Å². The van der Waals surface area contributed by atoms with Crippen molar-refractivity contribution < 1.29 is 4.79 Å². The molecule has 3 atom stereocenters. The molecule has 0 saturated heterocycles. The lowest BCUT2D eigenvalue weighted by Gasteiger charge is -2.25. The van der Waals surface area contributed by atoms with Gasteiger partial charge in [0, 0.05) is 42.9 Å². The van der Waals surface area contributed by atoms with E-state index in [1.165, 1.54) is 22.0 Å². The van der Waals surface area contributed by atoms with Crippen molar-refractivity contribution in [2.24, 2.45) is 0 Å². The first-order valence-electron chi connectivity index (χ1n) is 9.74. The fourth-order valence-corrected chi connectivity index (χ4v) is 4.27. The van der Waals surface area contributed by atoms with Crippen molar-refractivity contribution in [3.8, 4) is 0 Å². The van der Waals surface area contributed by atoms with Gasteiger partial charge in [-0.25, -0.2) is 9.78 Å². The molecular weight excluding hydrogens is 336 g/mol. The number of benzene rings is 2. The van der Waals surface area contributed by atoms with Gasteiger partial charge in [-0.2, -0.15) is 0 Å². The van der Waals surface area contributed by atoms with Crippen LogP contribution in [0.4, 0.5) is 4.79 Å². The summed E-state index contributed by atoms with van der Waals surface area (Å²) in [5.41, 5.74) is 2.51. The first-order chi connectivity index (χ1) is 13.2. The van der Waals surface area contributed by atoms with E-state index in [1.807, 2.05) is 6.20 Å².